The highest BCUT2D eigenvalue weighted by Crippen LogP contribution is 2.10. The van der Waals surface area contributed by atoms with E-state index in [1.807, 2.05) is 20.8 Å². The smallest absolute Gasteiger partial charge is 0.407 e. The topological polar surface area (TPSA) is 41.6 Å². The Kier molecular flexibility index (Phi) is 3.97. The Morgan fingerprint density at radius 2 is 2.07 bits per heavy atom. The summed E-state index contributed by atoms with van der Waals surface area (Å²) in [6.07, 6.45) is 0.864. The van der Waals surface area contributed by atoms with Crippen LogP contribution in [0.15, 0.2) is 0 Å². The summed E-state index contributed by atoms with van der Waals surface area (Å²) in [7, 11) is 0. The molecule has 0 aromatic carbocycles. The SMILES string of the molecule is CCCN1CC(NC(=O)OC(C)(C)C)C1. The van der Waals surface area contributed by atoms with Crippen molar-refractivity contribution in [1.29, 1.82) is 0 Å². The molecule has 0 unspecified atom stereocenters. The molecule has 4 heteroatoms. The molecule has 1 heterocycles. The van der Waals surface area contributed by atoms with Gasteiger partial charge in [-0.15, -0.1) is 0 Å². The molecular weight excluding hydrogens is 192 g/mol. The Balaban J connectivity index is 2.14. The third-order valence-corrected chi connectivity index (χ3v) is 2.22. The van der Waals surface area contributed by atoms with E-state index >= 15 is 0 Å². The van der Waals surface area contributed by atoms with Crippen molar-refractivity contribution in [2.75, 3.05) is 19.6 Å². The van der Waals surface area contributed by atoms with Gasteiger partial charge in [0.05, 0.1) is 6.04 Å². The summed E-state index contributed by atoms with van der Waals surface area (Å²) in [6, 6.07) is 0.270. The van der Waals surface area contributed by atoms with Gasteiger partial charge in [0.15, 0.2) is 0 Å². The summed E-state index contributed by atoms with van der Waals surface area (Å²) < 4.78 is 5.17. The Morgan fingerprint density at radius 1 is 1.47 bits per heavy atom. The predicted octanol–water partition coefficient (Wildman–Crippen LogP) is 1.61. The van der Waals surface area contributed by atoms with Gasteiger partial charge in [-0.2, -0.15) is 0 Å². The number of amides is 1. The summed E-state index contributed by atoms with van der Waals surface area (Å²) >= 11 is 0. The van der Waals surface area contributed by atoms with Gasteiger partial charge in [0, 0.05) is 13.1 Å². The third-order valence-electron chi connectivity index (χ3n) is 2.22. The van der Waals surface area contributed by atoms with Crippen LogP contribution in [0.1, 0.15) is 34.1 Å². The average Bonchev–Trinajstić information content (AvgIpc) is 1.97. The monoisotopic (exact) mass is 214 g/mol. The van der Waals surface area contributed by atoms with Crippen molar-refractivity contribution in [3.05, 3.63) is 0 Å². The van der Waals surface area contributed by atoms with Crippen LogP contribution < -0.4 is 5.32 Å². The van der Waals surface area contributed by atoms with Gasteiger partial charge in [0.25, 0.3) is 0 Å². The van der Waals surface area contributed by atoms with Crippen molar-refractivity contribution in [2.45, 2.75) is 45.8 Å². The number of alkyl carbamates (subject to hydrolysis) is 1. The number of carbonyl (C=O) groups excluding carboxylic acids is 1. The van der Waals surface area contributed by atoms with Crippen molar-refractivity contribution in [1.82, 2.24) is 10.2 Å². The normalized spacial score (nSPS) is 18.4. The third kappa shape index (κ3) is 4.51. The minimum absolute atomic E-state index is 0.270. The number of nitrogens with zero attached hydrogens (tertiary/aromatic N) is 1. The predicted molar refractivity (Wildman–Crippen MR) is 59.9 cm³/mol. The lowest BCUT2D eigenvalue weighted by Gasteiger charge is -2.39. The van der Waals surface area contributed by atoms with Gasteiger partial charge in [-0.1, -0.05) is 6.92 Å². The molecule has 4 nitrogen and oxygen atoms in total. The van der Waals surface area contributed by atoms with E-state index in [9.17, 15) is 4.79 Å². The van der Waals surface area contributed by atoms with E-state index in [1.54, 1.807) is 0 Å². The molecule has 0 aliphatic carbocycles. The van der Waals surface area contributed by atoms with Crippen LogP contribution in [0.4, 0.5) is 4.79 Å². The molecule has 1 rings (SSSR count). The molecule has 0 saturated carbocycles. The molecule has 0 aromatic heterocycles. The van der Waals surface area contributed by atoms with E-state index in [0.29, 0.717) is 0 Å². The summed E-state index contributed by atoms with van der Waals surface area (Å²) in [6.45, 7) is 10.8. The maximum absolute atomic E-state index is 11.4. The van der Waals surface area contributed by atoms with Gasteiger partial charge in [-0.3, -0.25) is 4.90 Å². The standard InChI is InChI=1S/C11H22N2O2/c1-5-6-13-7-9(8-13)12-10(14)15-11(2,3)4/h9H,5-8H2,1-4H3,(H,12,14). The molecule has 1 saturated heterocycles. The zero-order valence-electron chi connectivity index (χ0n) is 10.2. The first-order valence-corrected chi connectivity index (χ1v) is 5.62. The molecule has 0 bridgehead atoms. The maximum Gasteiger partial charge on any atom is 0.407 e. The first kappa shape index (κ1) is 12.3. The number of hydrogen-bond donors (Lipinski definition) is 1. The molecule has 0 spiro atoms. The minimum Gasteiger partial charge on any atom is -0.444 e. The van der Waals surface area contributed by atoms with Crippen LogP contribution in [0.25, 0.3) is 0 Å². The van der Waals surface area contributed by atoms with E-state index in [-0.39, 0.29) is 12.1 Å². The van der Waals surface area contributed by atoms with Crippen LogP contribution in [0.2, 0.25) is 0 Å². The molecule has 1 aliphatic heterocycles. The molecular formula is C11H22N2O2. The highest BCUT2D eigenvalue weighted by molar-refractivity contribution is 5.68. The van der Waals surface area contributed by atoms with E-state index in [4.69, 9.17) is 4.74 Å². The summed E-state index contributed by atoms with van der Waals surface area (Å²) in [4.78, 5) is 13.7. The minimum atomic E-state index is -0.406. The van der Waals surface area contributed by atoms with E-state index in [2.05, 4.69) is 17.1 Å². The second-order valence-electron chi connectivity index (χ2n) is 5.10. The lowest BCUT2D eigenvalue weighted by Crippen LogP contribution is -2.59. The maximum atomic E-state index is 11.4. The fourth-order valence-corrected chi connectivity index (χ4v) is 1.63. The lowest BCUT2D eigenvalue weighted by atomic mass is 10.1. The van der Waals surface area contributed by atoms with Gasteiger partial charge >= 0.3 is 6.09 Å². The highest BCUT2D eigenvalue weighted by atomic mass is 16.6. The van der Waals surface area contributed by atoms with Crippen LogP contribution in [0.3, 0.4) is 0 Å². The molecule has 0 radical (unpaired) electrons. The van der Waals surface area contributed by atoms with E-state index < -0.39 is 5.60 Å². The van der Waals surface area contributed by atoms with Crippen LogP contribution in [-0.4, -0.2) is 42.3 Å². The van der Waals surface area contributed by atoms with Gasteiger partial charge < -0.3 is 10.1 Å². The van der Waals surface area contributed by atoms with Crippen molar-refractivity contribution in [2.24, 2.45) is 0 Å². The zero-order chi connectivity index (χ0) is 11.5. The lowest BCUT2D eigenvalue weighted by molar-refractivity contribution is 0.0402. The molecule has 0 atom stereocenters. The largest absolute Gasteiger partial charge is 0.444 e. The van der Waals surface area contributed by atoms with E-state index in [1.165, 1.54) is 6.42 Å². The fourth-order valence-electron chi connectivity index (χ4n) is 1.63. The van der Waals surface area contributed by atoms with Gasteiger partial charge in [0.2, 0.25) is 0 Å². The molecule has 1 fully saturated rings. The first-order valence-electron chi connectivity index (χ1n) is 5.62. The van der Waals surface area contributed by atoms with Crippen molar-refractivity contribution < 1.29 is 9.53 Å². The number of hydrogen-bond acceptors (Lipinski definition) is 3. The zero-order valence-corrected chi connectivity index (χ0v) is 10.2. The van der Waals surface area contributed by atoms with Crippen molar-refractivity contribution in [3.8, 4) is 0 Å². The van der Waals surface area contributed by atoms with E-state index in [0.717, 1.165) is 19.6 Å². The summed E-state index contributed by atoms with van der Waals surface area (Å²) in [5, 5.41) is 2.86. The van der Waals surface area contributed by atoms with Crippen LogP contribution in [-0.2, 0) is 4.74 Å². The molecule has 88 valence electrons. The van der Waals surface area contributed by atoms with Crippen molar-refractivity contribution >= 4 is 6.09 Å². The Morgan fingerprint density at radius 3 is 2.53 bits per heavy atom. The molecule has 15 heavy (non-hydrogen) atoms. The number of ether oxygens (including phenoxy) is 1. The number of likely N-dealkylation sites (tertiary alicyclic amines) is 1. The second kappa shape index (κ2) is 4.84. The quantitative estimate of drug-likeness (QED) is 0.776. The number of rotatable bonds is 3. The number of nitrogens with one attached hydrogen (secondary N) is 1. The summed E-state index contributed by atoms with van der Waals surface area (Å²) in [5.74, 6) is 0. The highest BCUT2D eigenvalue weighted by Gasteiger charge is 2.28. The van der Waals surface area contributed by atoms with Gasteiger partial charge in [-0.05, 0) is 33.7 Å². The van der Waals surface area contributed by atoms with Crippen LogP contribution >= 0.6 is 0 Å². The fraction of sp³-hybridized carbons (Fsp3) is 0.909. The average molecular weight is 214 g/mol. The Bertz CT molecular complexity index is 217. The Hall–Kier alpha value is -0.770. The molecule has 1 amide bonds. The van der Waals surface area contributed by atoms with Crippen LogP contribution in [0.5, 0.6) is 0 Å². The molecule has 1 N–H and O–H groups in total. The second-order valence-corrected chi connectivity index (χ2v) is 5.10. The molecule has 0 aromatic rings. The first-order chi connectivity index (χ1) is 6.90. The van der Waals surface area contributed by atoms with Crippen LogP contribution in [0, 0.1) is 0 Å². The Labute approximate surface area is 92.0 Å². The van der Waals surface area contributed by atoms with Gasteiger partial charge in [0.1, 0.15) is 5.60 Å². The van der Waals surface area contributed by atoms with Crippen molar-refractivity contribution in [3.63, 3.8) is 0 Å². The molecule has 1 aliphatic rings. The van der Waals surface area contributed by atoms with Gasteiger partial charge in [-0.25, -0.2) is 4.79 Å². The number of carbonyl (C=O) groups is 1. The summed E-state index contributed by atoms with van der Waals surface area (Å²) in [5.41, 5.74) is -0.406.